The molecule has 1 aliphatic heterocycles. The van der Waals surface area contributed by atoms with Crippen LogP contribution in [0.25, 0.3) is 0 Å². The second-order valence-corrected chi connectivity index (χ2v) is 5.55. The van der Waals surface area contributed by atoms with Crippen molar-refractivity contribution in [3.63, 3.8) is 0 Å². The Hall–Kier alpha value is -0.840. The fourth-order valence-corrected chi connectivity index (χ4v) is 2.57. The number of aromatic nitrogens is 1. The topological polar surface area (TPSA) is 37.4 Å². The highest BCUT2D eigenvalue weighted by Gasteiger charge is 2.10. The Balaban J connectivity index is 1.79. The predicted octanol–water partition coefficient (Wildman–Crippen LogP) is 2.71. The summed E-state index contributed by atoms with van der Waals surface area (Å²) in [5.41, 5.74) is 1.04. The molecule has 5 heteroatoms. The van der Waals surface area contributed by atoms with Gasteiger partial charge in [-0.3, -0.25) is 4.90 Å². The number of halogens is 1. The van der Waals surface area contributed by atoms with Crippen molar-refractivity contribution in [2.75, 3.05) is 32.8 Å². The van der Waals surface area contributed by atoms with Gasteiger partial charge in [-0.25, -0.2) is 4.98 Å². The monoisotopic (exact) mass is 297 g/mol. The maximum atomic E-state index is 6.12. The van der Waals surface area contributed by atoms with Crippen LogP contribution in [0.5, 0.6) is 5.88 Å². The molecule has 0 aromatic carbocycles. The van der Waals surface area contributed by atoms with E-state index in [1.165, 1.54) is 32.4 Å². The lowest BCUT2D eigenvalue weighted by molar-refractivity contribution is 0.180. The number of ether oxygens (including phenoxy) is 1. The molecule has 112 valence electrons. The first kappa shape index (κ1) is 15.5. The molecule has 0 aliphatic carbocycles. The maximum absolute atomic E-state index is 6.12. The van der Waals surface area contributed by atoms with Crippen molar-refractivity contribution in [3.8, 4) is 5.88 Å². The normalized spacial score (nSPS) is 16.3. The molecule has 0 saturated carbocycles. The van der Waals surface area contributed by atoms with Gasteiger partial charge in [0.15, 0.2) is 0 Å². The standard InChI is InChI=1S/C15H24ClN3O/c1-2-17-11-13-10-15(18-12-14(13)16)20-9-8-19-6-4-3-5-7-19/h10,12,17H,2-9,11H2,1H3. The van der Waals surface area contributed by atoms with Gasteiger partial charge in [0.2, 0.25) is 5.88 Å². The Labute approximate surface area is 126 Å². The van der Waals surface area contributed by atoms with E-state index in [0.29, 0.717) is 17.5 Å². The van der Waals surface area contributed by atoms with E-state index in [0.717, 1.165) is 25.2 Å². The van der Waals surface area contributed by atoms with Gasteiger partial charge in [-0.05, 0) is 38.0 Å². The number of hydrogen-bond acceptors (Lipinski definition) is 4. The summed E-state index contributed by atoms with van der Waals surface area (Å²) in [6.45, 7) is 7.81. The fraction of sp³-hybridized carbons (Fsp3) is 0.667. The first-order chi connectivity index (χ1) is 9.79. The van der Waals surface area contributed by atoms with E-state index in [1.54, 1.807) is 6.20 Å². The van der Waals surface area contributed by atoms with Crippen LogP contribution < -0.4 is 10.1 Å². The number of hydrogen-bond donors (Lipinski definition) is 1. The summed E-state index contributed by atoms with van der Waals surface area (Å²) in [6.07, 6.45) is 5.66. The molecule has 0 spiro atoms. The molecule has 4 nitrogen and oxygen atoms in total. The molecule has 0 atom stereocenters. The van der Waals surface area contributed by atoms with Crippen molar-refractivity contribution in [1.29, 1.82) is 0 Å². The van der Waals surface area contributed by atoms with Crippen LogP contribution in [0.15, 0.2) is 12.3 Å². The first-order valence-electron chi connectivity index (χ1n) is 7.50. The van der Waals surface area contributed by atoms with Crippen molar-refractivity contribution >= 4 is 11.6 Å². The predicted molar refractivity (Wildman–Crippen MR) is 82.4 cm³/mol. The molecular formula is C15H24ClN3O. The van der Waals surface area contributed by atoms with Gasteiger partial charge < -0.3 is 10.1 Å². The Bertz CT molecular complexity index is 408. The van der Waals surface area contributed by atoms with Gasteiger partial charge in [0.25, 0.3) is 0 Å². The van der Waals surface area contributed by atoms with Crippen molar-refractivity contribution in [1.82, 2.24) is 15.2 Å². The molecule has 1 fully saturated rings. The third-order valence-electron chi connectivity index (χ3n) is 3.58. The zero-order chi connectivity index (χ0) is 14.2. The minimum Gasteiger partial charge on any atom is -0.476 e. The van der Waals surface area contributed by atoms with Gasteiger partial charge in [0, 0.05) is 25.4 Å². The first-order valence-corrected chi connectivity index (χ1v) is 7.87. The lowest BCUT2D eigenvalue weighted by Gasteiger charge is -2.26. The summed E-state index contributed by atoms with van der Waals surface area (Å²) < 4.78 is 5.75. The van der Waals surface area contributed by atoms with E-state index < -0.39 is 0 Å². The van der Waals surface area contributed by atoms with Gasteiger partial charge in [-0.1, -0.05) is 24.9 Å². The van der Waals surface area contributed by atoms with Crippen molar-refractivity contribution in [2.24, 2.45) is 0 Å². The van der Waals surface area contributed by atoms with E-state index in [9.17, 15) is 0 Å². The molecule has 0 bridgehead atoms. The van der Waals surface area contributed by atoms with Crippen LogP contribution >= 0.6 is 11.6 Å². The average molecular weight is 298 g/mol. The third-order valence-corrected chi connectivity index (χ3v) is 3.92. The van der Waals surface area contributed by atoms with Crippen LogP contribution in [0, 0.1) is 0 Å². The second-order valence-electron chi connectivity index (χ2n) is 5.15. The van der Waals surface area contributed by atoms with E-state index in [2.05, 4.69) is 22.1 Å². The molecule has 1 aromatic heterocycles. The lowest BCUT2D eigenvalue weighted by Crippen LogP contribution is -2.33. The zero-order valence-corrected chi connectivity index (χ0v) is 13.0. The molecule has 1 N–H and O–H groups in total. The second kappa shape index (κ2) is 8.45. The number of nitrogens with zero attached hydrogens (tertiary/aromatic N) is 2. The Morgan fingerprint density at radius 1 is 1.35 bits per heavy atom. The van der Waals surface area contributed by atoms with Gasteiger partial charge in [-0.2, -0.15) is 0 Å². The van der Waals surface area contributed by atoms with Gasteiger partial charge in [-0.15, -0.1) is 0 Å². The number of pyridine rings is 1. The van der Waals surface area contributed by atoms with Crippen LogP contribution in [-0.4, -0.2) is 42.7 Å². The van der Waals surface area contributed by atoms with Crippen LogP contribution in [0.1, 0.15) is 31.7 Å². The Morgan fingerprint density at radius 2 is 2.15 bits per heavy atom. The molecule has 1 saturated heterocycles. The van der Waals surface area contributed by atoms with Gasteiger partial charge >= 0.3 is 0 Å². The summed E-state index contributed by atoms with van der Waals surface area (Å²) in [6, 6.07) is 1.93. The zero-order valence-electron chi connectivity index (χ0n) is 12.2. The van der Waals surface area contributed by atoms with Crippen molar-refractivity contribution < 1.29 is 4.74 Å². The third kappa shape index (κ3) is 4.93. The quantitative estimate of drug-likeness (QED) is 0.840. The molecular weight excluding hydrogens is 274 g/mol. The molecule has 2 rings (SSSR count). The molecule has 0 amide bonds. The van der Waals surface area contributed by atoms with E-state index in [4.69, 9.17) is 16.3 Å². The van der Waals surface area contributed by atoms with E-state index in [1.807, 2.05) is 6.07 Å². The minimum absolute atomic E-state index is 0.666. The van der Waals surface area contributed by atoms with E-state index in [-0.39, 0.29) is 0 Å². The summed E-state index contributed by atoms with van der Waals surface area (Å²) in [5, 5.41) is 3.95. The highest BCUT2D eigenvalue weighted by Crippen LogP contribution is 2.19. The Morgan fingerprint density at radius 3 is 2.90 bits per heavy atom. The highest BCUT2D eigenvalue weighted by molar-refractivity contribution is 6.31. The molecule has 1 aromatic rings. The number of likely N-dealkylation sites (tertiary alicyclic amines) is 1. The SMILES string of the molecule is CCNCc1cc(OCCN2CCCCC2)ncc1Cl. The molecule has 2 heterocycles. The van der Waals surface area contributed by atoms with E-state index >= 15 is 0 Å². The molecule has 0 unspecified atom stereocenters. The van der Waals surface area contributed by atoms with Crippen LogP contribution in [0.2, 0.25) is 5.02 Å². The van der Waals surface area contributed by atoms with Gasteiger partial charge in [0.05, 0.1) is 5.02 Å². The molecule has 20 heavy (non-hydrogen) atoms. The van der Waals surface area contributed by atoms with Crippen molar-refractivity contribution in [3.05, 3.63) is 22.8 Å². The largest absolute Gasteiger partial charge is 0.476 e. The Kier molecular flexibility index (Phi) is 6.57. The highest BCUT2D eigenvalue weighted by atomic mass is 35.5. The summed E-state index contributed by atoms with van der Waals surface area (Å²) in [7, 11) is 0. The molecule has 0 radical (unpaired) electrons. The number of nitrogens with one attached hydrogen (secondary N) is 1. The summed E-state index contributed by atoms with van der Waals surface area (Å²) >= 11 is 6.12. The summed E-state index contributed by atoms with van der Waals surface area (Å²) in [5.74, 6) is 0.666. The van der Waals surface area contributed by atoms with Crippen LogP contribution in [0.3, 0.4) is 0 Å². The van der Waals surface area contributed by atoms with Gasteiger partial charge in [0.1, 0.15) is 6.61 Å². The minimum atomic E-state index is 0.666. The molecule has 1 aliphatic rings. The maximum Gasteiger partial charge on any atom is 0.213 e. The summed E-state index contributed by atoms with van der Waals surface area (Å²) in [4.78, 5) is 6.69. The lowest BCUT2D eigenvalue weighted by atomic mass is 10.1. The average Bonchev–Trinajstić information content (AvgIpc) is 2.49. The number of piperidine rings is 1. The van der Waals surface area contributed by atoms with Crippen LogP contribution in [0.4, 0.5) is 0 Å². The smallest absolute Gasteiger partial charge is 0.213 e. The number of rotatable bonds is 7. The van der Waals surface area contributed by atoms with Crippen molar-refractivity contribution in [2.45, 2.75) is 32.7 Å². The van der Waals surface area contributed by atoms with Crippen LogP contribution in [-0.2, 0) is 6.54 Å². The fourth-order valence-electron chi connectivity index (χ4n) is 2.39.